The molecule has 1 heterocycles. The maximum absolute atomic E-state index is 11.7. The van der Waals surface area contributed by atoms with Gasteiger partial charge >= 0.3 is 0 Å². The molecule has 3 nitrogen and oxygen atoms in total. The molecule has 1 aromatic carbocycles. The first-order valence-corrected chi connectivity index (χ1v) is 4.98. The predicted octanol–water partition coefficient (Wildman–Crippen LogP) is 1.84. The lowest BCUT2D eigenvalue weighted by Gasteiger charge is -2.01. The van der Waals surface area contributed by atoms with Crippen molar-refractivity contribution in [3.63, 3.8) is 0 Å². The molecule has 0 amide bonds. The van der Waals surface area contributed by atoms with E-state index in [0.29, 0.717) is 6.54 Å². The van der Waals surface area contributed by atoms with Crippen molar-refractivity contribution >= 4 is 0 Å². The number of rotatable bonds is 2. The number of aryl methyl sites for hydroxylation is 1. The standard InChI is InChI=1S/C12H14N2O/c1-9-10(2)13-14(12(9)15)8-11-6-4-3-5-7-11/h3-7,13H,8H2,1-2H3. The van der Waals surface area contributed by atoms with Gasteiger partial charge in [-0.15, -0.1) is 0 Å². The van der Waals surface area contributed by atoms with Crippen molar-refractivity contribution in [1.82, 2.24) is 9.78 Å². The van der Waals surface area contributed by atoms with Gasteiger partial charge in [-0.25, -0.2) is 4.68 Å². The Bertz CT molecular complexity index is 508. The Hall–Kier alpha value is -1.77. The molecule has 1 N–H and O–H groups in total. The molecule has 0 atom stereocenters. The van der Waals surface area contributed by atoms with Crippen LogP contribution in [-0.4, -0.2) is 9.78 Å². The van der Waals surface area contributed by atoms with Crippen molar-refractivity contribution in [1.29, 1.82) is 0 Å². The second-order valence-electron chi connectivity index (χ2n) is 3.74. The summed E-state index contributed by atoms with van der Waals surface area (Å²) in [4.78, 5) is 11.7. The van der Waals surface area contributed by atoms with Crippen LogP contribution in [0.4, 0.5) is 0 Å². The van der Waals surface area contributed by atoms with Crippen LogP contribution in [-0.2, 0) is 6.54 Å². The van der Waals surface area contributed by atoms with Crippen molar-refractivity contribution in [3.05, 3.63) is 57.5 Å². The third-order valence-electron chi connectivity index (χ3n) is 2.61. The van der Waals surface area contributed by atoms with Gasteiger partial charge in [0.1, 0.15) is 0 Å². The van der Waals surface area contributed by atoms with Gasteiger partial charge in [-0.3, -0.25) is 9.89 Å². The van der Waals surface area contributed by atoms with Crippen molar-refractivity contribution in [2.24, 2.45) is 0 Å². The molecule has 0 aliphatic carbocycles. The molecular weight excluding hydrogens is 188 g/mol. The van der Waals surface area contributed by atoms with E-state index in [9.17, 15) is 4.79 Å². The van der Waals surface area contributed by atoms with Gasteiger partial charge in [-0.05, 0) is 19.4 Å². The summed E-state index contributed by atoms with van der Waals surface area (Å²) in [7, 11) is 0. The Morgan fingerprint density at radius 3 is 2.40 bits per heavy atom. The minimum Gasteiger partial charge on any atom is -0.299 e. The first-order chi connectivity index (χ1) is 7.18. The smallest absolute Gasteiger partial charge is 0.269 e. The van der Waals surface area contributed by atoms with Crippen molar-refractivity contribution in [2.75, 3.05) is 0 Å². The molecule has 78 valence electrons. The first-order valence-electron chi connectivity index (χ1n) is 4.98. The van der Waals surface area contributed by atoms with E-state index in [4.69, 9.17) is 0 Å². The van der Waals surface area contributed by atoms with Gasteiger partial charge in [-0.1, -0.05) is 30.3 Å². The van der Waals surface area contributed by atoms with Gasteiger partial charge in [0.05, 0.1) is 6.54 Å². The summed E-state index contributed by atoms with van der Waals surface area (Å²) in [5, 5.41) is 3.07. The predicted molar refractivity (Wildman–Crippen MR) is 60.1 cm³/mol. The van der Waals surface area contributed by atoms with Crippen LogP contribution < -0.4 is 5.56 Å². The van der Waals surface area contributed by atoms with E-state index in [1.807, 2.05) is 44.2 Å². The van der Waals surface area contributed by atoms with Crippen molar-refractivity contribution in [3.8, 4) is 0 Å². The molecule has 0 fully saturated rings. The molecule has 0 radical (unpaired) electrons. The maximum Gasteiger partial charge on any atom is 0.269 e. The molecule has 0 saturated heterocycles. The number of H-pyrrole nitrogens is 1. The third kappa shape index (κ3) is 1.86. The summed E-state index contributed by atoms with van der Waals surface area (Å²) in [5.41, 5.74) is 2.93. The minimum absolute atomic E-state index is 0.0661. The zero-order valence-electron chi connectivity index (χ0n) is 8.95. The van der Waals surface area contributed by atoms with Crippen LogP contribution in [0.5, 0.6) is 0 Å². The van der Waals surface area contributed by atoms with Gasteiger partial charge in [0, 0.05) is 11.3 Å². The van der Waals surface area contributed by atoms with Crippen LogP contribution in [0.3, 0.4) is 0 Å². The second kappa shape index (κ2) is 3.77. The normalized spacial score (nSPS) is 10.5. The number of aromatic amines is 1. The number of hydrogen-bond acceptors (Lipinski definition) is 1. The second-order valence-corrected chi connectivity index (χ2v) is 3.74. The number of nitrogens with zero attached hydrogens (tertiary/aromatic N) is 1. The van der Waals surface area contributed by atoms with Crippen LogP contribution >= 0.6 is 0 Å². The fourth-order valence-electron chi connectivity index (χ4n) is 1.58. The first kappa shape index (κ1) is 9.77. The molecule has 1 aromatic heterocycles. The van der Waals surface area contributed by atoms with E-state index in [1.54, 1.807) is 4.68 Å². The molecule has 15 heavy (non-hydrogen) atoms. The van der Waals surface area contributed by atoms with Gasteiger partial charge < -0.3 is 0 Å². The van der Waals surface area contributed by atoms with Gasteiger partial charge in [0.25, 0.3) is 5.56 Å². The van der Waals surface area contributed by atoms with Crippen molar-refractivity contribution in [2.45, 2.75) is 20.4 Å². The zero-order chi connectivity index (χ0) is 10.8. The van der Waals surface area contributed by atoms with E-state index in [1.165, 1.54) is 0 Å². The Kier molecular flexibility index (Phi) is 2.46. The highest BCUT2D eigenvalue weighted by molar-refractivity contribution is 5.17. The number of aromatic nitrogens is 2. The van der Waals surface area contributed by atoms with E-state index in [0.717, 1.165) is 16.8 Å². The van der Waals surface area contributed by atoms with Crippen LogP contribution in [0.2, 0.25) is 0 Å². The Labute approximate surface area is 88.4 Å². The number of nitrogens with one attached hydrogen (secondary N) is 1. The summed E-state index contributed by atoms with van der Waals surface area (Å²) in [6.07, 6.45) is 0. The summed E-state index contributed by atoms with van der Waals surface area (Å²) in [6, 6.07) is 9.94. The number of benzene rings is 1. The Morgan fingerprint density at radius 2 is 1.87 bits per heavy atom. The van der Waals surface area contributed by atoms with E-state index in [-0.39, 0.29) is 5.56 Å². The van der Waals surface area contributed by atoms with Gasteiger partial charge in [0.15, 0.2) is 0 Å². The topological polar surface area (TPSA) is 37.8 Å². The summed E-state index contributed by atoms with van der Waals surface area (Å²) >= 11 is 0. The largest absolute Gasteiger partial charge is 0.299 e. The molecular formula is C12H14N2O. The fourth-order valence-corrected chi connectivity index (χ4v) is 1.58. The highest BCUT2D eigenvalue weighted by Gasteiger charge is 2.05. The molecule has 0 spiro atoms. The quantitative estimate of drug-likeness (QED) is 0.792. The van der Waals surface area contributed by atoms with Crippen LogP contribution in [0.15, 0.2) is 35.1 Å². The van der Waals surface area contributed by atoms with Crippen molar-refractivity contribution < 1.29 is 0 Å². The average Bonchev–Trinajstić information content (AvgIpc) is 2.48. The lowest BCUT2D eigenvalue weighted by molar-refractivity contribution is 0.657. The summed E-state index contributed by atoms with van der Waals surface area (Å²) in [5.74, 6) is 0. The fraction of sp³-hybridized carbons (Fsp3) is 0.250. The molecule has 0 aliphatic rings. The third-order valence-corrected chi connectivity index (χ3v) is 2.61. The van der Waals surface area contributed by atoms with E-state index in [2.05, 4.69) is 5.10 Å². The molecule has 2 aromatic rings. The Balaban J connectivity index is 2.33. The van der Waals surface area contributed by atoms with E-state index < -0.39 is 0 Å². The minimum atomic E-state index is 0.0661. The molecule has 0 bridgehead atoms. The summed E-state index contributed by atoms with van der Waals surface area (Å²) < 4.78 is 1.64. The van der Waals surface area contributed by atoms with Gasteiger partial charge in [-0.2, -0.15) is 0 Å². The number of hydrogen-bond donors (Lipinski definition) is 1. The molecule has 2 rings (SSSR count). The monoisotopic (exact) mass is 202 g/mol. The van der Waals surface area contributed by atoms with Crippen LogP contribution in [0.1, 0.15) is 16.8 Å². The maximum atomic E-state index is 11.7. The average molecular weight is 202 g/mol. The lowest BCUT2D eigenvalue weighted by atomic mass is 10.2. The molecule has 0 aliphatic heterocycles. The molecule has 3 heteroatoms. The molecule has 0 unspecified atom stereocenters. The SMILES string of the molecule is Cc1[nH]n(Cc2ccccc2)c(=O)c1C. The van der Waals surface area contributed by atoms with E-state index >= 15 is 0 Å². The lowest BCUT2D eigenvalue weighted by Crippen LogP contribution is -2.18. The van der Waals surface area contributed by atoms with Crippen LogP contribution in [0.25, 0.3) is 0 Å². The highest BCUT2D eigenvalue weighted by Crippen LogP contribution is 2.02. The Morgan fingerprint density at radius 1 is 1.20 bits per heavy atom. The summed E-state index contributed by atoms with van der Waals surface area (Å²) in [6.45, 7) is 4.36. The molecule has 0 saturated carbocycles. The highest BCUT2D eigenvalue weighted by atomic mass is 16.1. The van der Waals surface area contributed by atoms with Gasteiger partial charge in [0.2, 0.25) is 0 Å². The van der Waals surface area contributed by atoms with Crippen LogP contribution in [0, 0.1) is 13.8 Å². The zero-order valence-corrected chi connectivity index (χ0v) is 8.95.